The molecule has 2 bridgehead atoms. The third-order valence-corrected chi connectivity index (χ3v) is 10.2. The van der Waals surface area contributed by atoms with Crippen LogP contribution in [-0.2, 0) is 9.47 Å². The summed E-state index contributed by atoms with van der Waals surface area (Å²) in [7, 11) is -1.91. The number of fused-ring (bicyclic) bond motifs is 2. The predicted octanol–water partition coefficient (Wildman–Crippen LogP) is 6.11. The van der Waals surface area contributed by atoms with Gasteiger partial charge in [-0.2, -0.15) is 0 Å². The number of hydrogen-bond acceptors (Lipinski definition) is 7. The van der Waals surface area contributed by atoms with Crippen LogP contribution < -0.4 is 9.05 Å². The molecule has 2 aliphatic rings. The molecule has 0 aromatic heterocycles. The molecule has 13 heteroatoms. The zero-order chi connectivity index (χ0) is 31.3. The van der Waals surface area contributed by atoms with Crippen molar-refractivity contribution in [1.29, 1.82) is 0 Å². The van der Waals surface area contributed by atoms with Crippen molar-refractivity contribution >= 4 is 17.6 Å². The molecule has 2 fully saturated rings. The Labute approximate surface area is 253 Å². The monoisotopic (exact) mass is 648 g/mol. The third kappa shape index (κ3) is 5.59. The Hall–Kier alpha value is -3.14. The maximum Gasteiger partial charge on any atom is 0.202 e. The van der Waals surface area contributed by atoms with Gasteiger partial charge in [0, 0.05) is 11.1 Å². The van der Waals surface area contributed by atoms with Crippen molar-refractivity contribution in [3.05, 3.63) is 108 Å². The molecule has 3 N–H and O–H groups in total. The molecule has 2 heterocycles. The van der Waals surface area contributed by atoms with Crippen molar-refractivity contribution in [3.63, 3.8) is 0 Å². The van der Waals surface area contributed by atoms with Gasteiger partial charge in [0.05, 0.1) is 6.61 Å². The van der Waals surface area contributed by atoms with Crippen molar-refractivity contribution in [3.8, 4) is 33.8 Å². The highest BCUT2D eigenvalue weighted by atomic mass is 31.1. The normalized spacial score (nSPS) is 28.3. The molecule has 0 amide bonds. The van der Waals surface area contributed by atoms with E-state index in [1.807, 2.05) is 0 Å². The Morgan fingerprint density at radius 1 is 0.705 bits per heavy atom. The molecule has 2 saturated heterocycles. The van der Waals surface area contributed by atoms with E-state index in [9.17, 15) is 32.9 Å². The Kier molecular flexibility index (Phi) is 8.18. The van der Waals surface area contributed by atoms with Crippen LogP contribution in [-0.4, -0.2) is 50.6 Å². The van der Waals surface area contributed by atoms with Gasteiger partial charge in [-0.25, -0.2) is 17.6 Å². The van der Waals surface area contributed by atoms with Crippen LogP contribution in [0.2, 0.25) is 0 Å². The first kappa shape index (κ1) is 30.9. The minimum absolute atomic E-state index is 0.0629. The lowest BCUT2D eigenvalue weighted by Crippen LogP contribution is -2.70. The standard InChI is InChI=1S/C31H26F4O7P2/c1-29(36)31(38,44-42-26-11-9-22(35)15-24(26)18-5-3-7-20(33)13-18)28-30(37,27(40-29)16-39-28)43-41-25-10-8-21(34)14-23(25)17-4-2-6-19(32)12-17/h2-15,27-28,36-38,43-44H,16H2,1H3/t27-,28+,29+,30+,31+/m1/s1. The van der Waals surface area contributed by atoms with Crippen molar-refractivity contribution in [2.75, 3.05) is 6.61 Å². The van der Waals surface area contributed by atoms with Crippen LogP contribution >= 0.6 is 17.6 Å². The van der Waals surface area contributed by atoms with Gasteiger partial charge in [0.15, 0.2) is 10.7 Å². The first-order chi connectivity index (χ1) is 20.9. The van der Waals surface area contributed by atoms with Gasteiger partial charge in [-0.15, -0.1) is 0 Å². The van der Waals surface area contributed by atoms with Crippen LogP contribution in [0.15, 0.2) is 84.9 Å². The molecular formula is C31H26F4O7P2. The number of hydrogen-bond donors (Lipinski definition) is 3. The molecule has 4 aromatic carbocycles. The van der Waals surface area contributed by atoms with Crippen LogP contribution in [0.3, 0.4) is 0 Å². The summed E-state index contributed by atoms with van der Waals surface area (Å²) in [6.07, 6.45) is -2.64. The summed E-state index contributed by atoms with van der Waals surface area (Å²) in [6.45, 7) is 0.980. The van der Waals surface area contributed by atoms with Crippen LogP contribution in [0.25, 0.3) is 22.3 Å². The first-order valence-corrected chi connectivity index (χ1v) is 15.2. The van der Waals surface area contributed by atoms with E-state index in [0.717, 1.165) is 24.3 Å². The van der Waals surface area contributed by atoms with E-state index in [0.29, 0.717) is 11.1 Å². The number of halogens is 4. The average Bonchev–Trinajstić information content (AvgIpc) is 3.24. The highest BCUT2D eigenvalue weighted by Gasteiger charge is 2.73. The smallest absolute Gasteiger partial charge is 0.202 e. The summed E-state index contributed by atoms with van der Waals surface area (Å²) in [5.74, 6) is -4.40. The molecule has 0 aliphatic carbocycles. The van der Waals surface area contributed by atoms with E-state index < -0.39 is 69.6 Å². The van der Waals surface area contributed by atoms with Crippen LogP contribution in [0.5, 0.6) is 11.5 Å². The lowest BCUT2D eigenvalue weighted by molar-refractivity contribution is -0.329. The van der Waals surface area contributed by atoms with E-state index in [1.165, 1.54) is 55.5 Å². The predicted molar refractivity (Wildman–Crippen MR) is 157 cm³/mol. The van der Waals surface area contributed by atoms with E-state index in [2.05, 4.69) is 0 Å². The second-order valence-corrected chi connectivity index (χ2v) is 13.0. The summed E-state index contributed by atoms with van der Waals surface area (Å²) in [6, 6.07) is 18.1. The maximum absolute atomic E-state index is 14.2. The molecule has 2 aliphatic heterocycles. The summed E-state index contributed by atoms with van der Waals surface area (Å²) in [5.41, 5.74) is 1.04. The van der Waals surface area contributed by atoms with Gasteiger partial charge in [0.1, 0.15) is 64.6 Å². The minimum atomic E-state index is -2.38. The summed E-state index contributed by atoms with van der Waals surface area (Å²) >= 11 is 0. The molecule has 7 atom stereocenters. The zero-order valence-electron chi connectivity index (χ0n) is 22.9. The lowest BCUT2D eigenvalue weighted by Gasteiger charge is -2.52. The van der Waals surface area contributed by atoms with E-state index in [1.54, 1.807) is 12.1 Å². The fourth-order valence-corrected chi connectivity index (χ4v) is 7.63. The van der Waals surface area contributed by atoms with Gasteiger partial charge < -0.3 is 33.8 Å². The highest BCUT2D eigenvalue weighted by molar-refractivity contribution is 7.36. The van der Waals surface area contributed by atoms with Gasteiger partial charge in [0.2, 0.25) is 5.79 Å². The summed E-state index contributed by atoms with van der Waals surface area (Å²) in [5, 5.41) is 30.6. The molecule has 2 unspecified atom stereocenters. The van der Waals surface area contributed by atoms with E-state index >= 15 is 0 Å². The number of aliphatic hydroxyl groups is 3. The minimum Gasteiger partial charge on any atom is -0.473 e. The van der Waals surface area contributed by atoms with Gasteiger partial charge in [-0.05, 0) is 78.7 Å². The van der Waals surface area contributed by atoms with Crippen LogP contribution in [0.4, 0.5) is 17.6 Å². The molecule has 0 saturated carbocycles. The fraction of sp³-hybridized carbons (Fsp3) is 0.226. The number of rotatable bonds is 8. The fourth-order valence-electron chi connectivity index (χ4n) is 5.26. The molecule has 4 aromatic rings. The molecule has 230 valence electrons. The van der Waals surface area contributed by atoms with Crippen molar-refractivity contribution in [1.82, 2.24) is 0 Å². The van der Waals surface area contributed by atoms with Gasteiger partial charge in [-0.3, -0.25) is 0 Å². The maximum atomic E-state index is 14.2. The second-order valence-electron chi connectivity index (χ2n) is 10.6. The van der Waals surface area contributed by atoms with E-state index in [-0.39, 0.29) is 29.2 Å². The molecule has 0 spiro atoms. The van der Waals surface area contributed by atoms with Gasteiger partial charge in [0.25, 0.3) is 0 Å². The van der Waals surface area contributed by atoms with Crippen molar-refractivity contribution < 1.29 is 51.4 Å². The third-order valence-electron chi connectivity index (χ3n) is 7.56. The van der Waals surface area contributed by atoms with Crippen LogP contribution in [0.1, 0.15) is 6.92 Å². The Morgan fingerprint density at radius 3 is 1.73 bits per heavy atom. The van der Waals surface area contributed by atoms with E-state index in [4.69, 9.17) is 18.5 Å². The SMILES string of the molecule is C[C@]1(O)O[C@@H]2CO[C@@H]([C@@]2(O)POc2ccc(F)cc2-c2cccc(F)c2)[C@]1(O)POc1ccc(F)cc1-c1cccc(F)c1. The Bertz CT molecular complexity index is 1710. The second kappa shape index (κ2) is 11.7. The highest BCUT2D eigenvalue weighted by Crippen LogP contribution is 2.60. The molecule has 7 nitrogen and oxygen atoms in total. The number of benzene rings is 4. The van der Waals surface area contributed by atoms with Gasteiger partial charge in [-0.1, -0.05) is 24.3 Å². The zero-order valence-corrected chi connectivity index (χ0v) is 24.9. The largest absolute Gasteiger partial charge is 0.473 e. The Balaban J connectivity index is 1.28. The lowest BCUT2D eigenvalue weighted by atomic mass is 9.94. The Morgan fingerprint density at radius 2 is 1.20 bits per heavy atom. The summed E-state index contributed by atoms with van der Waals surface area (Å²) in [4.78, 5) is 0. The number of ether oxygens (including phenoxy) is 2. The quantitative estimate of drug-likeness (QED) is 0.157. The van der Waals surface area contributed by atoms with Crippen LogP contribution in [0, 0.1) is 23.3 Å². The summed E-state index contributed by atoms with van der Waals surface area (Å²) < 4.78 is 79.6. The average molecular weight is 648 g/mol. The molecule has 0 radical (unpaired) electrons. The van der Waals surface area contributed by atoms with Gasteiger partial charge >= 0.3 is 0 Å². The first-order valence-electron chi connectivity index (χ1n) is 13.4. The molecule has 6 rings (SSSR count). The van der Waals surface area contributed by atoms with Crippen molar-refractivity contribution in [2.45, 2.75) is 35.6 Å². The molecule has 44 heavy (non-hydrogen) atoms. The topological polar surface area (TPSA) is 97.6 Å². The molecular weight excluding hydrogens is 622 g/mol. The van der Waals surface area contributed by atoms with Crippen molar-refractivity contribution in [2.24, 2.45) is 0 Å².